The predicted octanol–water partition coefficient (Wildman–Crippen LogP) is 2.93. The highest BCUT2D eigenvalue weighted by atomic mass is 32.1. The van der Waals surface area contributed by atoms with Gasteiger partial charge >= 0.3 is 5.97 Å². The first-order chi connectivity index (χ1) is 7.02. The first kappa shape index (κ1) is 12.0. The van der Waals surface area contributed by atoms with Gasteiger partial charge in [-0.1, -0.05) is 12.1 Å². The molecule has 0 saturated heterocycles. The number of alkyl halides is 2. The van der Waals surface area contributed by atoms with Crippen LogP contribution in [-0.4, -0.2) is 11.1 Å². The van der Waals surface area contributed by atoms with Crippen molar-refractivity contribution >= 4 is 18.6 Å². The number of benzene rings is 1. The van der Waals surface area contributed by atoms with Crippen molar-refractivity contribution in [1.29, 1.82) is 0 Å². The Balaban J connectivity index is 2.97. The molecule has 15 heavy (non-hydrogen) atoms. The topological polar surface area (TPSA) is 37.3 Å². The lowest BCUT2D eigenvalue weighted by molar-refractivity contribution is -0.136. The number of thiol groups is 1. The number of hydrogen-bond acceptors (Lipinski definition) is 2. The number of aliphatic carboxylic acids is 1. The standard InChI is InChI=1S/C10H10F2O2S/c11-10(12)7-2-1-3-8(15)6(7)4-5-9(13)14/h1-3,10,15H,4-5H2,(H,13,14). The molecule has 2 nitrogen and oxygen atoms in total. The SMILES string of the molecule is O=C(O)CCc1c(S)cccc1C(F)F. The van der Waals surface area contributed by atoms with Crippen LogP contribution in [0.4, 0.5) is 8.78 Å². The van der Waals surface area contributed by atoms with Crippen molar-refractivity contribution in [2.75, 3.05) is 0 Å². The van der Waals surface area contributed by atoms with Crippen LogP contribution in [0.2, 0.25) is 0 Å². The van der Waals surface area contributed by atoms with E-state index in [0.29, 0.717) is 10.5 Å². The van der Waals surface area contributed by atoms with Gasteiger partial charge in [0.05, 0.1) is 0 Å². The van der Waals surface area contributed by atoms with Crippen molar-refractivity contribution in [3.8, 4) is 0 Å². The van der Waals surface area contributed by atoms with Crippen LogP contribution in [0.1, 0.15) is 24.0 Å². The Labute approximate surface area is 91.3 Å². The minimum atomic E-state index is -2.60. The van der Waals surface area contributed by atoms with E-state index >= 15 is 0 Å². The van der Waals surface area contributed by atoms with Crippen molar-refractivity contribution in [3.63, 3.8) is 0 Å². The molecule has 0 spiro atoms. The summed E-state index contributed by atoms with van der Waals surface area (Å²) in [6.07, 6.45) is -2.69. The van der Waals surface area contributed by atoms with E-state index in [-0.39, 0.29) is 18.4 Å². The van der Waals surface area contributed by atoms with Gasteiger partial charge in [0.25, 0.3) is 6.43 Å². The summed E-state index contributed by atoms with van der Waals surface area (Å²) in [7, 11) is 0. The minimum Gasteiger partial charge on any atom is -0.481 e. The van der Waals surface area contributed by atoms with Crippen LogP contribution in [0, 0.1) is 0 Å². The smallest absolute Gasteiger partial charge is 0.303 e. The molecule has 5 heteroatoms. The largest absolute Gasteiger partial charge is 0.481 e. The molecule has 1 N–H and O–H groups in total. The molecule has 0 aliphatic rings. The van der Waals surface area contributed by atoms with Gasteiger partial charge in [-0.05, 0) is 18.1 Å². The zero-order valence-corrected chi connectivity index (χ0v) is 8.68. The number of carbonyl (C=O) groups is 1. The van der Waals surface area contributed by atoms with Gasteiger partial charge in [-0.15, -0.1) is 12.6 Å². The molecule has 0 unspecified atom stereocenters. The van der Waals surface area contributed by atoms with Crippen LogP contribution in [0.15, 0.2) is 23.1 Å². The Morgan fingerprint density at radius 2 is 2.13 bits per heavy atom. The molecule has 0 fully saturated rings. The third-order valence-electron chi connectivity index (χ3n) is 2.01. The predicted molar refractivity (Wildman–Crippen MR) is 54.6 cm³/mol. The molecule has 0 bridgehead atoms. The fraction of sp³-hybridized carbons (Fsp3) is 0.300. The Morgan fingerprint density at radius 3 is 2.67 bits per heavy atom. The van der Waals surface area contributed by atoms with E-state index in [4.69, 9.17) is 5.11 Å². The lowest BCUT2D eigenvalue weighted by Gasteiger charge is -2.10. The van der Waals surface area contributed by atoms with Gasteiger partial charge < -0.3 is 5.11 Å². The molecular weight excluding hydrogens is 222 g/mol. The summed E-state index contributed by atoms with van der Waals surface area (Å²) < 4.78 is 25.1. The normalized spacial score (nSPS) is 10.7. The fourth-order valence-corrected chi connectivity index (χ4v) is 1.63. The van der Waals surface area contributed by atoms with E-state index < -0.39 is 12.4 Å². The highest BCUT2D eigenvalue weighted by Gasteiger charge is 2.15. The second-order valence-electron chi connectivity index (χ2n) is 3.04. The number of rotatable bonds is 4. The average molecular weight is 232 g/mol. The number of halogens is 2. The lowest BCUT2D eigenvalue weighted by Crippen LogP contribution is -2.02. The van der Waals surface area contributed by atoms with Crippen molar-refractivity contribution in [2.24, 2.45) is 0 Å². The molecule has 0 atom stereocenters. The van der Waals surface area contributed by atoms with Gasteiger partial charge in [0, 0.05) is 16.9 Å². The molecular formula is C10H10F2O2S. The van der Waals surface area contributed by atoms with Crippen LogP contribution >= 0.6 is 12.6 Å². The highest BCUT2D eigenvalue weighted by molar-refractivity contribution is 7.80. The monoisotopic (exact) mass is 232 g/mol. The molecule has 0 saturated carbocycles. The Hall–Kier alpha value is -1.10. The minimum absolute atomic E-state index is 0.0781. The van der Waals surface area contributed by atoms with Gasteiger partial charge in [-0.25, -0.2) is 8.78 Å². The van der Waals surface area contributed by atoms with Crippen molar-refractivity contribution < 1.29 is 18.7 Å². The van der Waals surface area contributed by atoms with Gasteiger partial charge in [-0.3, -0.25) is 4.79 Å². The van der Waals surface area contributed by atoms with E-state index in [1.807, 2.05) is 0 Å². The second kappa shape index (κ2) is 5.11. The van der Waals surface area contributed by atoms with E-state index in [2.05, 4.69) is 12.6 Å². The molecule has 1 aromatic rings. The summed E-state index contributed by atoms with van der Waals surface area (Å²) in [6.45, 7) is 0. The number of carboxylic acid groups (broad SMARTS) is 1. The summed E-state index contributed by atoms with van der Waals surface area (Å²) in [6, 6.07) is 4.35. The van der Waals surface area contributed by atoms with Gasteiger partial charge in [-0.2, -0.15) is 0 Å². The van der Waals surface area contributed by atoms with E-state index in [1.165, 1.54) is 12.1 Å². The Bertz CT molecular complexity index is 366. The molecule has 0 radical (unpaired) electrons. The fourth-order valence-electron chi connectivity index (χ4n) is 1.30. The molecule has 0 aliphatic carbocycles. The first-order valence-electron chi connectivity index (χ1n) is 4.33. The van der Waals surface area contributed by atoms with Crippen molar-refractivity contribution in [2.45, 2.75) is 24.2 Å². The Morgan fingerprint density at radius 1 is 1.47 bits per heavy atom. The third kappa shape index (κ3) is 3.20. The van der Waals surface area contributed by atoms with Crippen LogP contribution in [0.3, 0.4) is 0 Å². The summed E-state index contributed by atoms with van der Waals surface area (Å²) in [5.41, 5.74) is 0.182. The molecule has 0 aromatic heterocycles. The van der Waals surface area contributed by atoms with E-state index in [1.54, 1.807) is 6.07 Å². The maximum absolute atomic E-state index is 12.6. The van der Waals surface area contributed by atoms with Gasteiger partial charge in [0.15, 0.2) is 0 Å². The number of hydrogen-bond donors (Lipinski definition) is 2. The number of carboxylic acids is 1. The van der Waals surface area contributed by atoms with E-state index in [9.17, 15) is 13.6 Å². The molecule has 0 amide bonds. The molecule has 82 valence electrons. The zero-order chi connectivity index (χ0) is 11.4. The maximum Gasteiger partial charge on any atom is 0.303 e. The van der Waals surface area contributed by atoms with Crippen molar-refractivity contribution in [1.82, 2.24) is 0 Å². The van der Waals surface area contributed by atoms with Gasteiger partial charge in [0.1, 0.15) is 0 Å². The first-order valence-corrected chi connectivity index (χ1v) is 4.77. The molecule has 0 aliphatic heterocycles. The summed E-state index contributed by atoms with van der Waals surface area (Å²) in [5.74, 6) is -1.01. The third-order valence-corrected chi connectivity index (χ3v) is 2.43. The van der Waals surface area contributed by atoms with Crippen LogP contribution < -0.4 is 0 Å². The highest BCUT2D eigenvalue weighted by Crippen LogP contribution is 2.28. The molecule has 0 heterocycles. The van der Waals surface area contributed by atoms with Crippen molar-refractivity contribution in [3.05, 3.63) is 29.3 Å². The van der Waals surface area contributed by atoms with E-state index in [0.717, 1.165) is 0 Å². The lowest BCUT2D eigenvalue weighted by atomic mass is 10.0. The van der Waals surface area contributed by atoms with Gasteiger partial charge in [0.2, 0.25) is 0 Å². The van der Waals surface area contributed by atoms with Crippen LogP contribution in [-0.2, 0) is 11.2 Å². The maximum atomic E-state index is 12.6. The summed E-state index contributed by atoms with van der Waals surface area (Å²) >= 11 is 4.04. The molecule has 1 rings (SSSR count). The zero-order valence-electron chi connectivity index (χ0n) is 7.78. The summed E-state index contributed by atoms with van der Waals surface area (Å²) in [4.78, 5) is 10.8. The summed E-state index contributed by atoms with van der Waals surface area (Å²) in [5, 5.41) is 8.48. The molecule has 1 aromatic carbocycles. The quantitative estimate of drug-likeness (QED) is 0.783. The van der Waals surface area contributed by atoms with Crippen LogP contribution in [0.5, 0.6) is 0 Å². The Kier molecular flexibility index (Phi) is 4.08. The average Bonchev–Trinajstić information content (AvgIpc) is 2.15. The second-order valence-corrected chi connectivity index (χ2v) is 3.52. The van der Waals surface area contributed by atoms with Crippen LogP contribution in [0.25, 0.3) is 0 Å².